The van der Waals surface area contributed by atoms with E-state index in [0.717, 1.165) is 33.3 Å². The van der Waals surface area contributed by atoms with Crippen LogP contribution in [0.3, 0.4) is 0 Å². The Morgan fingerprint density at radius 3 is 2.67 bits per heavy atom. The molecule has 0 saturated heterocycles. The number of nitrogens with zero attached hydrogens (tertiary/aromatic N) is 1. The van der Waals surface area contributed by atoms with E-state index in [2.05, 4.69) is 19.5 Å². The predicted octanol–water partition coefficient (Wildman–Crippen LogP) is -2.81. The topological polar surface area (TPSA) is 120 Å². The van der Waals surface area contributed by atoms with Crippen molar-refractivity contribution in [3.05, 3.63) is 0 Å². The summed E-state index contributed by atoms with van der Waals surface area (Å²) in [5.74, 6) is 5.10. The van der Waals surface area contributed by atoms with Gasteiger partial charge in [0.15, 0.2) is 0 Å². The summed E-state index contributed by atoms with van der Waals surface area (Å²) >= 11 is 0. The first-order chi connectivity index (χ1) is 6.99. The zero-order chi connectivity index (χ0) is 11.7. The third-order valence-electron chi connectivity index (χ3n) is 1.56. The van der Waals surface area contributed by atoms with Crippen LogP contribution in [0.1, 0.15) is 0 Å². The Morgan fingerprint density at radius 2 is 2.33 bits per heavy atom. The molecule has 8 nitrogen and oxygen atoms in total. The second-order valence-corrected chi connectivity index (χ2v) is 3.80. The van der Waals surface area contributed by atoms with Crippen molar-refractivity contribution in [1.82, 2.24) is 10.7 Å². The quantitative estimate of drug-likeness (QED) is 0.159. The SMILES string of the molecule is COS(=O)(=O)[O-].NNCC[N+]1=CNCC1. The molecular formula is C6H16N4O4S. The summed E-state index contributed by atoms with van der Waals surface area (Å²) < 4.78 is 33.2. The van der Waals surface area contributed by atoms with Crippen LogP contribution in [0.4, 0.5) is 0 Å². The fraction of sp³-hybridized carbons (Fsp3) is 0.833. The lowest BCUT2D eigenvalue weighted by Crippen LogP contribution is -2.30. The summed E-state index contributed by atoms with van der Waals surface area (Å²) in [4.78, 5) is 0. The fourth-order valence-electron chi connectivity index (χ4n) is 0.851. The first-order valence-corrected chi connectivity index (χ1v) is 5.58. The molecule has 9 heteroatoms. The Balaban J connectivity index is 0.000000288. The van der Waals surface area contributed by atoms with E-state index in [1.165, 1.54) is 0 Å². The third-order valence-corrected chi connectivity index (χ3v) is 1.97. The number of rotatable bonds is 4. The highest BCUT2D eigenvalue weighted by Gasteiger charge is 2.05. The van der Waals surface area contributed by atoms with Crippen LogP contribution < -0.4 is 16.6 Å². The molecule has 0 spiro atoms. The molecular weight excluding hydrogens is 224 g/mol. The summed E-state index contributed by atoms with van der Waals surface area (Å²) in [6.07, 6.45) is 2.00. The van der Waals surface area contributed by atoms with Crippen LogP contribution in [0.5, 0.6) is 0 Å². The van der Waals surface area contributed by atoms with Crippen LogP contribution in [0.2, 0.25) is 0 Å². The Labute approximate surface area is 89.0 Å². The van der Waals surface area contributed by atoms with Crippen LogP contribution in [0.25, 0.3) is 0 Å². The van der Waals surface area contributed by atoms with Crippen LogP contribution >= 0.6 is 0 Å². The molecule has 0 aromatic heterocycles. The smallest absolute Gasteiger partial charge is 0.232 e. The van der Waals surface area contributed by atoms with Crippen molar-refractivity contribution in [1.29, 1.82) is 0 Å². The number of hydrazine groups is 1. The molecule has 15 heavy (non-hydrogen) atoms. The molecule has 0 aromatic rings. The van der Waals surface area contributed by atoms with Crippen molar-refractivity contribution >= 4 is 16.7 Å². The Kier molecular flexibility index (Phi) is 7.17. The number of nitrogens with two attached hydrogens (primary N) is 1. The molecule has 0 bridgehead atoms. The lowest BCUT2D eigenvalue weighted by molar-refractivity contribution is -0.511. The minimum atomic E-state index is -4.41. The predicted molar refractivity (Wildman–Crippen MR) is 53.0 cm³/mol. The van der Waals surface area contributed by atoms with Crippen molar-refractivity contribution in [2.75, 3.05) is 33.3 Å². The molecule has 0 amide bonds. The lowest BCUT2D eigenvalue weighted by Gasteiger charge is -1.98. The summed E-state index contributed by atoms with van der Waals surface area (Å²) in [6, 6.07) is 0. The Hall–Kier alpha value is -0.740. The van der Waals surface area contributed by atoms with Crippen molar-refractivity contribution < 1.29 is 21.7 Å². The summed E-state index contributed by atoms with van der Waals surface area (Å²) in [5.41, 5.74) is 2.61. The molecule has 1 aliphatic rings. The first-order valence-electron chi connectivity index (χ1n) is 4.25. The van der Waals surface area contributed by atoms with E-state index in [-0.39, 0.29) is 0 Å². The van der Waals surface area contributed by atoms with Crippen molar-refractivity contribution in [3.8, 4) is 0 Å². The molecule has 0 radical (unpaired) electrons. The average Bonchev–Trinajstić information content (AvgIpc) is 2.67. The van der Waals surface area contributed by atoms with Crippen molar-refractivity contribution in [3.63, 3.8) is 0 Å². The van der Waals surface area contributed by atoms with E-state index >= 15 is 0 Å². The molecule has 1 aliphatic heterocycles. The van der Waals surface area contributed by atoms with E-state index in [1.54, 1.807) is 0 Å². The Bertz CT molecular complexity index is 290. The maximum Gasteiger partial charge on any atom is 0.232 e. The van der Waals surface area contributed by atoms with Gasteiger partial charge in [-0.1, -0.05) is 0 Å². The fourth-order valence-corrected chi connectivity index (χ4v) is 0.851. The minimum absolute atomic E-state index is 0.808. The highest BCUT2D eigenvalue weighted by molar-refractivity contribution is 7.80. The van der Waals surface area contributed by atoms with Crippen LogP contribution in [-0.2, 0) is 14.6 Å². The van der Waals surface area contributed by atoms with Gasteiger partial charge in [0.05, 0.1) is 13.7 Å². The van der Waals surface area contributed by atoms with E-state index < -0.39 is 10.4 Å². The Morgan fingerprint density at radius 1 is 1.73 bits per heavy atom. The van der Waals surface area contributed by atoms with E-state index in [1.807, 2.05) is 6.34 Å². The molecule has 1 rings (SSSR count). The largest absolute Gasteiger partial charge is 0.726 e. The van der Waals surface area contributed by atoms with Gasteiger partial charge in [-0.15, -0.1) is 0 Å². The third kappa shape index (κ3) is 9.56. The van der Waals surface area contributed by atoms with Crippen LogP contribution in [0, 0.1) is 0 Å². The standard InChI is InChI=1S/C5H12N4.CH4O4S/c6-8-2-4-9-3-1-7-5-9;1-5-6(2,3)4/h5,8H,1-4,6H2;1H3,(H,2,3,4). The molecule has 0 aromatic carbocycles. The molecule has 0 unspecified atom stereocenters. The van der Waals surface area contributed by atoms with Gasteiger partial charge in [0.25, 0.3) is 0 Å². The highest BCUT2D eigenvalue weighted by Crippen LogP contribution is 1.76. The van der Waals surface area contributed by atoms with Gasteiger partial charge in [0.1, 0.15) is 13.1 Å². The normalized spacial score (nSPS) is 15.0. The number of nitrogens with one attached hydrogen (secondary N) is 2. The van der Waals surface area contributed by atoms with E-state index in [9.17, 15) is 13.0 Å². The zero-order valence-electron chi connectivity index (χ0n) is 8.47. The van der Waals surface area contributed by atoms with E-state index in [4.69, 9.17) is 5.84 Å². The van der Waals surface area contributed by atoms with Gasteiger partial charge in [0.2, 0.25) is 16.7 Å². The lowest BCUT2D eigenvalue weighted by atomic mass is 10.6. The average molecular weight is 240 g/mol. The molecule has 4 N–H and O–H groups in total. The van der Waals surface area contributed by atoms with Gasteiger partial charge in [-0.05, 0) is 0 Å². The van der Waals surface area contributed by atoms with Gasteiger partial charge in [-0.2, -0.15) is 0 Å². The minimum Gasteiger partial charge on any atom is -0.726 e. The first kappa shape index (κ1) is 14.3. The maximum atomic E-state index is 9.22. The van der Waals surface area contributed by atoms with Crippen LogP contribution in [0.15, 0.2) is 0 Å². The molecule has 0 atom stereocenters. The molecule has 0 aliphatic carbocycles. The second kappa shape index (κ2) is 7.54. The summed E-state index contributed by atoms with van der Waals surface area (Å²) in [6.45, 7) is 3.99. The van der Waals surface area contributed by atoms with Gasteiger partial charge in [0, 0.05) is 6.54 Å². The second-order valence-electron chi connectivity index (χ2n) is 2.65. The van der Waals surface area contributed by atoms with E-state index in [0.29, 0.717) is 0 Å². The highest BCUT2D eigenvalue weighted by atomic mass is 32.3. The van der Waals surface area contributed by atoms with Gasteiger partial charge in [-0.25, -0.2) is 8.42 Å². The van der Waals surface area contributed by atoms with Gasteiger partial charge >= 0.3 is 0 Å². The maximum absolute atomic E-state index is 9.22. The van der Waals surface area contributed by atoms with Crippen molar-refractivity contribution in [2.45, 2.75) is 0 Å². The molecule has 0 saturated carbocycles. The van der Waals surface area contributed by atoms with Crippen molar-refractivity contribution in [2.24, 2.45) is 5.84 Å². The van der Waals surface area contributed by atoms with Gasteiger partial charge in [-0.3, -0.25) is 25.3 Å². The zero-order valence-corrected chi connectivity index (χ0v) is 9.29. The number of hydrogen-bond donors (Lipinski definition) is 3. The summed E-state index contributed by atoms with van der Waals surface area (Å²) in [7, 11) is -3.60. The van der Waals surface area contributed by atoms with Gasteiger partial charge < -0.3 is 4.55 Å². The molecule has 90 valence electrons. The van der Waals surface area contributed by atoms with Crippen LogP contribution in [-0.4, -0.2) is 57.2 Å². The number of hydrogen-bond acceptors (Lipinski definition) is 7. The summed E-state index contributed by atoms with van der Waals surface area (Å²) in [5, 5.41) is 3.11. The monoisotopic (exact) mass is 240 g/mol. The molecule has 0 fully saturated rings. The molecule has 1 heterocycles.